The van der Waals surface area contributed by atoms with Crippen LogP contribution in [0.2, 0.25) is 0 Å². The molecule has 4 amide bonds. The number of aryl methyl sites for hydroxylation is 1. The molecule has 1 saturated carbocycles. The van der Waals surface area contributed by atoms with E-state index in [1.807, 2.05) is 38.1 Å². The Morgan fingerprint density at radius 2 is 1.81 bits per heavy atom. The Labute approximate surface area is 220 Å². The smallest absolute Gasteiger partial charge is 0.408 e. The van der Waals surface area contributed by atoms with Crippen molar-refractivity contribution in [2.24, 2.45) is 5.73 Å². The van der Waals surface area contributed by atoms with Gasteiger partial charge in [-0.3, -0.25) is 14.4 Å². The van der Waals surface area contributed by atoms with Crippen LogP contribution >= 0.6 is 0 Å². The van der Waals surface area contributed by atoms with Gasteiger partial charge in [0.1, 0.15) is 17.7 Å². The highest BCUT2D eigenvalue weighted by Gasteiger charge is 2.37. The normalized spacial score (nSPS) is 15.8. The summed E-state index contributed by atoms with van der Waals surface area (Å²) in [4.78, 5) is 53.6. The third-order valence-corrected chi connectivity index (χ3v) is 6.30. The molecule has 9 heteroatoms. The number of amides is 4. The molecule has 0 heterocycles. The Balaban J connectivity index is 2.45. The minimum absolute atomic E-state index is 0.0537. The van der Waals surface area contributed by atoms with Gasteiger partial charge in [0, 0.05) is 12.6 Å². The number of hydrogen-bond acceptors (Lipinski definition) is 5. The van der Waals surface area contributed by atoms with E-state index in [4.69, 9.17) is 10.5 Å². The summed E-state index contributed by atoms with van der Waals surface area (Å²) in [7, 11) is 0. The lowest BCUT2D eigenvalue weighted by Crippen LogP contribution is -2.55. The molecule has 0 saturated heterocycles. The first-order valence-corrected chi connectivity index (χ1v) is 13.4. The van der Waals surface area contributed by atoms with E-state index in [0.717, 1.165) is 44.1 Å². The second-order valence-corrected chi connectivity index (χ2v) is 10.9. The van der Waals surface area contributed by atoms with E-state index in [1.54, 1.807) is 20.8 Å². The third kappa shape index (κ3) is 10.1. The van der Waals surface area contributed by atoms with Gasteiger partial charge in [0.2, 0.25) is 17.7 Å². The maximum absolute atomic E-state index is 14.0. The molecule has 1 aliphatic carbocycles. The number of ether oxygens (including phenoxy) is 1. The number of carbonyl (C=O) groups excluding carboxylic acids is 4. The number of unbranched alkanes of at least 4 members (excludes halogenated alkanes) is 1. The molecular formula is C28H44N4O5. The van der Waals surface area contributed by atoms with E-state index in [-0.39, 0.29) is 18.5 Å². The molecule has 1 aromatic rings. The zero-order valence-electron chi connectivity index (χ0n) is 23.0. The molecule has 2 rings (SSSR count). The third-order valence-electron chi connectivity index (χ3n) is 6.30. The minimum Gasteiger partial charge on any atom is -0.444 e. The van der Waals surface area contributed by atoms with Gasteiger partial charge in [-0.05, 0) is 52.5 Å². The average molecular weight is 517 g/mol. The zero-order chi connectivity index (χ0) is 27.6. The van der Waals surface area contributed by atoms with E-state index in [0.29, 0.717) is 12.0 Å². The van der Waals surface area contributed by atoms with Crippen LogP contribution < -0.4 is 16.4 Å². The van der Waals surface area contributed by atoms with E-state index >= 15 is 0 Å². The summed E-state index contributed by atoms with van der Waals surface area (Å²) in [5, 5.41) is 5.68. The lowest BCUT2D eigenvalue weighted by Gasteiger charge is -2.35. The lowest BCUT2D eigenvalue weighted by atomic mass is 9.94. The molecule has 0 bridgehead atoms. The monoisotopic (exact) mass is 516 g/mol. The second kappa shape index (κ2) is 14.0. The first kappa shape index (κ1) is 30.1. The van der Waals surface area contributed by atoms with Crippen molar-refractivity contribution in [1.29, 1.82) is 0 Å². The summed E-state index contributed by atoms with van der Waals surface area (Å²) < 4.78 is 5.32. The van der Waals surface area contributed by atoms with Crippen molar-refractivity contribution in [3.05, 3.63) is 35.4 Å². The van der Waals surface area contributed by atoms with Crippen molar-refractivity contribution in [2.75, 3.05) is 6.54 Å². The average Bonchev–Trinajstić information content (AvgIpc) is 2.80. The number of nitrogens with one attached hydrogen (secondary N) is 2. The van der Waals surface area contributed by atoms with Crippen LogP contribution in [0.15, 0.2) is 24.3 Å². The summed E-state index contributed by atoms with van der Waals surface area (Å²) in [6.45, 7) is 9.30. The van der Waals surface area contributed by atoms with Gasteiger partial charge in [0.15, 0.2) is 0 Å². The van der Waals surface area contributed by atoms with Crippen LogP contribution in [0, 0.1) is 6.92 Å². The molecule has 1 fully saturated rings. The van der Waals surface area contributed by atoms with Gasteiger partial charge in [-0.15, -0.1) is 0 Å². The molecular weight excluding hydrogens is 472 g/mol. The van der Waals surface area contributed by atoms with Gasteiger partial charge >= 0.3 is 6.09 Å². The molecule has 0 spiro atoms. The highest BCUT2D eigenvalue weighted by molar-refractivity contribution is 5.94. The molecule has 1 aromatic carbocycles. The molecule has 2 unspecified atom stereocenters. The summed E-state index contributed by atoms with van der Waals surface area (Å²) in [6, 6.07) is 5.37. The summed E-state index contributed by atoms with van der Waals surface area (Å²) in [6.07, 6.45) is 5.25. The van der Waals surface area contributed by atoms with E-state index in [2.05, 4.69) is 10.6 Å². The number of rotatable bonds is 11. The van der Waals surface area contributed by atoms with Crippen molar-refractivity contribution in [2.45, 2.75) is 110 Å². The number of nitrogens with zero attached hydrogens (tertiary/aromatic N) is 1. The molecule has 9 nitrogen and oxygen atoms in total. The van der Waals surface area contributed by atoms with Crippen molar-refractivity contribution in [3.8, 4) is 0 Å². The Morgan fingerprint density at radius 3 is 2.38 bits per heavy atom. The second-order valence-electron chi connectivity index (χ2n) is 10.9. The first-order chi connectivity index (χ1) is 17.4. The molecule has 37 heavy (non-hydrogen) atoms. The van der Waals surface area contributed by atoms with Crippen LogP contribution in [0.1, 0.15) is 96.2 Å². The molecule has 1 aliphatic rings. The largest absolute Gasteiger partial charge is 0.444 e. The highest BCUT2D eigenvalue weighted by Crippen LogP contribution is 2.26. The quantitative estimate of drug-likeness (QED) is 0.411. The SMILES string of the molecule is CCCCN(C(=O)C(CC(N)=O)NC(=O)OC(C)(C)C)C(C(=O)NC1CCCCC1)c1cccc(C)c1. The summed E-state index contributed by atoms with van der Waals surface area (Å²) >= 11 is 0. The number of alkyl carbamates (subject to hydrolysis) is 1. The van der Waals surface area contributed by atoms with Crippen molar-refractivity contribution >= 4 is 23.8 Å². The molecule has 0 aromatic heterocycles. The van der Waals surface area contributed by atoms with Crippen LogP contribution in [0.25, 0.3) is 0 Å². The van der Waals surface area contributed by atoms with Gasteiger partial charge in [-0.1, -0.05) is 62.4 Å². The molecule has 206 valence electrons. The molecule has 2 atom stereocenters. The molecule has 0 radical (unpaired) electrons. The summed E-state index contributed by atoms with van der Waals surface area (Å²) in [5.41, 5.74) is 6.28. The Hall–Kier alpha value is -3.10. The van der Waals surface area contributed by atoms with Crippen LogP contribution in [-0.4, -0.2) is 52.9 Å². The highest BCUT2D eigenvalue weighted by atomic mass is 16.6. The minimum atomic E-state index is -1.26. The number of primary amides is 1. The Kier molecular flexibility index (Phi) is 11.4. The van der Waals surface area contributed by atoms with Crippen LogP contribution in [0.5, 0.6) is 0 Å². The predicted octanol–water partition coefficient (Wildman–Crippen LogP) is 3.88. The fourth-order valence-electron chi connectivity index (χ4n) is 4.59. The maximum atomic E-state index is 14.0. The van der Waals surface area contributed by atoms with Crippen molar-refractivity contribution < 1.29 is 23.9 Å². The van der Waals surface area contributed by atoms with Crippen molar-refractivity contribution in [3.63, 3.8) is 0 Å². The van der Waals surface area contributed by atoms with Gasteiger partial charge in [0.05, 0.1) is 6.42 Å². The summed E-state index contributed by atoms with van der Waals surface area (Å²) in [5.74, 6) is -1.57. The molecule has 4 N–H and O–H groups in total. The van der Waals surface area contributed by atoms with Gasteiger partial charge < -0.3 is 26.0 Å². The van der Waals surface area contributed by atoms with E-state index in [1.165, 1.54) is 4.90 Å². The topological polar surface area (TPSA) is 131 Å². The lowest BCUT2D eigenvalue weighted by molar-refractivity contribution is -0.143. The first-order valence-electron chi connectivity index (χ1n) is 13.4. The van der Waals surface area contributed by atoms with Gasteiger partial charge in [0.25, 0.3) is 0 Å². The molecule has 0 aliphatic heterocycles. The van der Waals surface area contributed by atoms with Gasteiger partial charge in [-0.2, -0.15) is 0 Å². The number of benzene rings is 1. The van der Waals surface area contributed by atoms with Crippen LogP contribution in [0.4, 0.5) is 4.79 Å². The van der Waals surface area contributed by atoms with Crippen molar-refractivity contribution in [1.82, 2.24) is 15.5 Å². The number of nitrogens with two attached hydrogens (primary N) is 1. The Morgan fingerprint density at radius 1 is 1.14 bits per heavy atom. The fourth-order valence-corrected chi connectivity index (χ4v) is 4.59. The standard InChI is InChI=1S/C28H44N4O5/c1-6-7-16-32(26(35)22(18-23(29)33)31-27(36)37-28(3,4)5)24(20-13-11-12-19(2)17-20)25(34)30-21-14-9-8-10-15-21/h11-13,17,21-22,24H,6-10,14-16,18H2,1-5H3,(H2,29,33)(H,30,34)(H,31,36). The van der Waals surface area contributed by atoms with E-state index in [9.17, 15) is 19.2 Å². The van der Waals surface area contributed by atoms with E-state index < -0.39 is 42.0 Å². The fraction of sp³-hybridized carbons (Fsp3) is 0.643. The zero-order valence-corrected chi connectivity index (χ0v) is 23.0. The van der Waals surface area contributed by atoms with Gasteiger partial charge in [-0.25, -0.2) is 4.79 Å². The van der Waals surface area contributed by atoms with Crippen LogP contribution in [-0.2, 0) is 19.1 Å². The maximum Gasteiger partial charge on any atom is 0.408 e. The van der Waals surface area contributed by atoms with Crippen LogP contribution in [0.3, 0.4) is 0 Å². The number of carbonyl (C=O) groups is 4. The Bertz CT molecular complexity index is 937. The number of hydrogen-bond donors (Lipinski definition) is 3. The predicted molar refractivity (Wildman–Crippen MR) is 143 cm³/mol.